The van der Waals surface area contributed by atoms with Crippen LogP contribution in [0.4, 0.5) is 5.69 Å². The van der Waals surface area contributed by atoms with Crippen LogP contribution in [-0.4, -0.2) is 127 Å². The lowest BCUT2D eigenvalue weighted by atomic mass is 9.95. The van der Waals surface area contributed by atoms with Crippen LogP contribution in [0.3, 0.4) is 0 Å². The summed E-state index contributed by atoms with van der Waals surface area (Å²) in [5.41, 5.74) is 5.82. The van der Waals surface area contributed by atoms with Crippen LogP contribution in [0.2, 0.25) is 0 Å². The lowest BCUT2D eigenvalue weighted by Crippen LogP contribution is -2.73. The SMILES string of the molecule is CC[N+]1(C2OC(C(=O)NCC(=O)O)C(O)C(O)C2O)CCCC1CNC(=O)c1cc(S(=O)(=O)CC)c(N)cc1OC. The molecule has 0 spiro atoms. The predicted octanol–water partition coefficient (Wildman–Crippen LogP) is -2.19. The van der Waals surface area contributed by atoms with E-state index in [4.69, 9.17) is 20.3 Å². The van der Waals surface area contributed by atoms with E-state index in [0.29, 0.717) is 25.9 Å². The Morgan fingerprint density at radius 2 is 1.80 bits per heavy atom. The summed E-state index contributed by atoms with van der Waals surface area (Å²) < 4.78 is 36.2. The number of aliphatic hydroxyl groups excluding tert-OH is 3. The van der Waals surface area contributed by atoms with Crippen LogP contribution >= 0.6 is 0 Å². The Morgan fingerprint density at radius 3 is 2.39 bits per heavy atom. The van der Waals surface area contributed by atoms with Crippen molar-refractivity contribution in [3.8, 4) is 5.75 Å². The molecule has 0 aliphatic carbocycles. The van der Waals surface area contributed by atoms with Crippen LogP contribution in [0.15, 0.2) is 17.0 Å². The highest BCUT2D eigenvalue weighted by Gasteiger charge is 2.58. The number of aliphatic hydroxyl groups is 3. The number of benzene rings is 1. The molecule has 2 heterocycles. The minimum atomic E-state index is -3.73. The zero-order chi connectivity index (χ0) is 30.7. The zero-order valence-corrected chi connectivity index (χ0v) is 24.0. The fraction of sp³-hybridized carbons (Fsp3) is 0.640. The fourth-order valence-corrected chi connectivity index (χ4v) is 6.72. The molecular weight excluding hydrogens is 564 g/mol. The maximum absolute atomic E-state index is 13.3. The average molecular weight is 604 g/mol. The molecule has 2 fully saturated rings. The molecule has 7 unspecified atom stereocenters. The van der Waals surface area contributed by atoms with Gasteiger partial charge in [0.2, 0.25) is 6.23 Å². The number of aliphatic carboxylic acids is 1. The number of likely N-dealkylation sites (tertiary alicyclic amines) is 1. The highest BCUT2D eigenvalue weighted by atomic mass is 32.2. The van der Waals surface area contributed by atoms with Gasteiger partial charge in [-0.05, 0) is 13.0 Å². The van der Waals surface area contributed by atoms with Gasteiger partial charge in [-0.1, -0.05) is 6.92 Å². The number of hydrogen-bond donors (Lipinski definition) is 7. The first-order chi connectivity index (χ1) is 19.2. The average Bonchev–Trinajstić information content (AvgIpc) is 3.36. The van der Waals surface area contributed by atoms with Crippen molar-refractivity contribution in [2.75, 3.05) is 44.8 Å². The van der Waals surface area contributed by atoms with Gasteiger partial charge >= 0.3 is 5.97 Å². The molecule has 1 aromatic carbocycles. The molecule has 16 heteroatoms. The first-order valence-electron chi connectivity index (χ1n) is 13.3. The molecule has 0 saturated carbocycles. The molecule has 8 N–H and O–H groups in total. The fourth-order valence-electron chi connectivity index (χ4n) is 5.70. The maximum atomic E-state index is 13.3. The number of nitrogen functional groups attached to an aromatic ring is 1. The molecule has 15 nitrogen and oxygen atoms in total. The summed E-state index contributed by atoms with van der Waals surface area (Å²) >= 11 is 0. The van der Waals surface area contributed by atoms with Crippen molar-refractivity contribution in [1.29, 1.82) is 0 Å². The van der Waals surface area contributed by atoms with Crippen molar-refractivity contribution in [3.63, 3.8) is 0 Å². The zero-order valence-electron chi connectivity index (χ0n) is 23.1. The standard InChI is InChI=1S/C25H38N4O11S/c1-4-29(25-21(34)19(32)20(33)22(40-25)24(36)28-12-18(30)31)8-6-7-13(29)11-27-23(35)14-9-17(41(37,38)5-2)15(26)10-16(14)39-3/h9-10,13,19-22,25,32-34H,4-8,11-12H2,1-3H3,(H4-,26,27,28,30,31,35,36)/p+1. The van der Waals surface area contributed by atoms with E-state index in [9.17, 15) is 38.1 Å². The molecule has 2 aliphatic heterocycles. The van der Waals surface area contributed by atoms with Crippen molar-refractivity contribution in [3.05, 3.63) is 17.7 Å². The number of carboxylic acid groups (broad SMARTS) is 1. The molecule has 0 radical (unpaired) electrons. The van der Waals surface area contributed by atoms with E-state index in [1.807, 2.05) is 6.92 Å². The Labute approximate surface area is 237 Å². The second-order valence-corrected chi connectivity index (χ2v) is 12.4. The van der Waals surface area contributed by atoms with Crippen molar-refractivity contribution in [2.24, 2.45) is 0 Å². The Bertz CT molecular complexity index is 1260. The predicted molar refractivity (Wildman–Crippen MR) is 143 cm³/mol. The molecule has 0 bridgehead atoms. The Kier molecular flexibility index (Phi) is 10.2. The third-order valence-corrected chi connectivity index (χ3v) is 9.77. The summed E-state index contributed by atoms with van der Waals surface area (Å²) in [6.45, 7) is 3.41. The minimum absolute atomic E-state index is 0.0300. The largest absolute Gasteiger partial charge is 0.496 e. The van der Waals surface area contributed by atoms with Gasteiger partial charge in [-0.3, -0.25) is 18.9 Å². The Balaban J connectivity index is 1.86. The molecule has 2 saturated heterocycles. The molecule has 1 aromatic rings. The van der Waals surface area contributed by atoms with Crippen LogP contribution < -0.4 is 21.1 Å². The maximum Gasteiger partial charge on any atom is 0.322 e. The molecule has 3 rings (SSSR count). The van der Waals surface area contributed by atoms with Crippen LogP contribution in [0.5, 0.6) is 5.75 Å². The van der Waals surface area contributed by atoms with Gasteiger partial charge in [-0.25, -0.2) is 8.42 Å². The van der Waals surface area contributed by atoms with Gasteiger partial charge < -0.3 is 46.3 Å². The number of hydrogen-bond acceptors (Lipinski definition) is 11. The lowest BCUT2D eigenvalue weighted by Gasteiger charge is -2.51. The summed E-state index contributed by atoms with van der Waals surface area (Å²) in [6.07, 6.45) is -6.76. The van der Waals surface area contributed by atoms with Gasteiger partial charge in [0.15, 0.2) is 22.0 Å². The number of methoxy groups -OCH3 is 1. The van der Waals surface area contributed by atoms with Crippen molar-refractivity contribution < 1.29 is 57.2 Å². The number of nitrogens with zero attached hydrogens (tertiary/aromatic N) is 1. The molecule has 7 atom stereocenters. The van der Waals surface area contributed by atoms with E-state index < -0.39 is 64.8 Å². The number of rotatable bonds is 11. The van der Waals surface area contributed by atoms with Crippen LogP contribution in [-0.2, 0) is 24.2 Å². The normalized spacial score (nSPS) is 30.0. The molecule has 230 valence electrons. The number of nitrogens with two attached hydrogens (primary N) is 1. The van der Waals surface area contributed by atoms with E-state index in [-0.39, 0.29) is 44.7 Å². The number of ether oxygens (including phenoxy) is 2. The third kappa shape index (κ3) is 6.42. The van der Waals surface area contributed by atoms with E-state index >= 15 is 0 Å². The highest BCUT2D eigenvalue weighted by Crippen LogP contribution is 2.37. The minimum Gasteiger partial charge on any atom is -0.496 e. The number of nitrogens with one attached hydrogen (secondary N) is 2. The number of sulfone groups is 1. The number of quaternary nitrogens is 1. The van der Waals surface area contributed by atoms with Crippen molar-refractivity contribution >= 4 is 33.3 Å². The van der Waals surface area contributed by atoms with Crippen LogP contribution in [0.1, 0.15) is 37.0 Å². The van der Waals surface area contributed by atoms with Gasteiger partial charge in [0.05, 0.1) is 48.6 Å². The molecule has 0 aromatic heterocycles. The van der Waals surface area contributed by atoms with E-state index in [1.165, 1.54) is 26.2 Å². The number of anilines is 1. The van der Waals surface area contributed by atoms with Gasteiger partial charge in [-0.15, -0.1) is 0 Å². The Hall–Kier alpha value is -3.02. The summed E-state index contributed by atoms with van der Waals surface area (Å²) in [4.78, 5) is 36.6. The lowest BCUT2D eigenvalue weighted by molar-refractivity contribution is -0.985. The van der Waals surface area contributed by atoms with Crippen LogP contribution in [0.25, 0.3) is 0 Å². The van der Waals surface area contributed by atoms with Gasteiger partial charge in [-0.2, -0.15) is 0 Å². The van der Waals surface area contributed by atoms with Crippen LogP contribution in [0, 0.1) is 0 Å². The summed E-state index contributed by atoms with van der Waals surface area (Å²) in [5, 5.41) is 45.7. The first kappa shape index (κ1) is 32.5. The summed E-state index contributed by atoms with van der Waals surface area (Å²) in [7, 11) is -2.41. The smallest absolute Gasteiger partial charge is 0.322 e. The van der Waals surface area contributed by atoms with Gasteiger partial charge in [0.25, 0.3) is 11.8 Å². The topological polar surface area (TPSA) is 235 Å². The molecule has 2 aliphatic rings. The van der Waals surface area contributed by atoms with E-state index in [1.54, 1.807) is 0 Å². The van der Waals surface area contributed by atoms with Crippen molar-refractivity contribution in [2.45, 2.75) is 68.3 Å². The molecule has 2 amide bonds. The summed E-state index contributed by atoms with van der Waals surface area (Å²) in [5.74, 6) is -3.03. The monoisotopic (exact) mass is 603 g/mol. The number of likely N-dealkylation sites (N-methyl/N-ethyl adjacent to an activating group) is 1. The first-order valence-corrected chi connectivity index (χ1v) is 14.9. The van der Waals surface area contributed by atoms with Gasteiger partial charge in [0, 0.05) is 18.9 Å². The number of carbonyl (C=O) groups excluding carboxylic acids is 2. The Morgan fingerprint density at radius 1 is 1.12 bits per heavy atom. The second-order valence-electron chi connectivity index (χ2n) is 10.2. The second kappa shape index (κ2) is 12.9. The molecular formula is C25H39N4O11S+. The van der Waals surface area contributed by atoms with Crippen molar-refractivity contribution in [1.82, 2.24) is 10.6 Å². The quantitative estimate of drug-likeness (QED) is 0.106. The van der Waals surface area contributed by atoms with E-state index in [2.05, 4.69) is 10.6 Å². The third-order valence-electron chi connectivity index (χ3n) is 7.98. The number of amides is 2. The number of carbonyl (C=O) groups is 3. The number of carboxylic acids is 1. The van der Waals surface area contributed by atoms with Gasteiger partial charge in [0.1, 0.15) is 30.5 Å². The molecule has 41 heavy (non-hydrogen) atoms. The summed E-state index contributed by atoms with van der Waals surface area (Å²) in [6, 6.07) is 2.08. The highest BCUT2D eigenvalue weighted by molar-refractivity contribution is 7.91. The van der Waals surface area contributed by atoms with E-state index in [0.717, 1.165) is 0 Å².